The van der Waals surface area contributed by atoms with E-state index in [-0.39, 0.29) is 0 Å². The number of rotatable bonds is 8. The van der Waals surface area contributed by atoms with Gasteiger partial charge in [-0.2, -0.15) is 5.10 Å². The molecule has 3 rings (SSSR count). The van der Waals surface area contributed by atoms with Crippen LogP contribution in [0.4, 0.5) is 5.69 Å². The molecular weight excluding hydrogens is 382 g/mol. The molecule has 0 amide bonds. The minimum absolute atomic E-state index is 0.509. The third-order valence-corrected chi connectivity index (χ3v) is 4.37. The number of aromatic nitrogens is 2. The largest absolute Gasteiger partial charge is 0.493 e. The Morgan fingerprint density at radius 1 is 1.03 bits per heavy atom. The molecule has 0 bridgehead atoms. The van der Waals surface area contributed by atoms with Gasteiger partial charge in [0.25, 0.3) is 0 Å². The van der Waals surface area contributed by atoms with Gasteiger partial charge in [0, 0.05) is 36.8 Å². The van der Waals surface area contributed by atoms with Crippen LogP contribution in [0.2, 0.25) is 0 Å². The highest BCUT2D eigenvalue weighted by Crippen LogP contribution is 2.39. The van der Waals surface area contributed by atoms with Gasteiger partial charge in [0.1, 0.15) is 0 Å². The van der Waals surface area contributed by atoms with Crippen molar-refractivity contribution in [2.24, 2.45) is 4.99 Å². The summed E-state index contributed by atoms with van der Waals surface area (Å²) >= 11 is 0. The molecule has 8 heteroatoms. The summed E-state index contributed by atoms with van der Waals surface area (Å²) in [5, 5.41) is 10.8. The van der Waals surface area contributed by atoms with Crippen molar-refractivity contribution in [3.05, 3.63) is 60.4 Å². The summed E-state index contributed by atoms with van der Waals surface area (Å²) in [6, 6.07) is 13.7. The van der Waals surface area contributed by atoms with Gasteiger partial charge in [-0.1, -0.05) is 12.1 Å². The molecule has 0 saturated heterocycles. The van der Waals surface area contributed by atoms with Gasteiger partial charge in [-0.3, -0.25) is 0 Å². The van der Waals surface area contributed by atoms with E-state index in [9.17, 15) is 0 Å². The van der Waals surface area contributed by atoms with Gasteiger partial charge in [0.2, 0.25) is 5.75 Å². The van der Waals surface area contributed by atoms with Crippen molar-refractivity contribution in [1.29, 1.82) is 0 Å². The lowest BCUT2D eigenvalue weighted by Crippen LogP contribution is -2.30. The minimum atomic E-state index is 0.509. The fourth-order valence-corrected chi connectivity index (χ4v) is 2.99. The summed E-state index contributed by atoms with van der Waals surface area (Å²) in [7, 11) is 4.76. The Labute approximate surface area is 176 Å². The fourth-order valence-electron chi connectivity index (χ4n) is 2.99. The topological polar surface area (TPSA) is 81.9 Å². The number of benzene rings is 2. The molecule has 1 aromatic heterocycles. The Morgan fingerprint density at radius 2 is 1.80 bits per heavy atom. The number of nitrogens with one attached hydrogen (secondary N) is 2. The predicted octanol–water partition coefficient (Wildman–Crippen LogP) is 3.48. The molecule has 0 aliphatic rings. The third kappa shape index (κ3) is 5.02. The Bertz CT molecular complexity index is 961. The molecular formula is C22H27N5O3. The van der Waals surface area contributed by atoms with Crippen LogP contribution in [0.1, 0.15) is 12.5 Å². The number of hydrogen-bond donors (Lipinski definition) is 2. The Balaban J connectivity index is 1.81. The minimum Gasteiger partial charge on any atom is -0.493 e. The molecule has 2 N–H and O–H groups in total. The van der Waals surface area contributed by atoms with E-state index in [1.54, 1.807) is 27.5 Å². The average Bonchev–Trinajstić information content (AvgIpc) is 3.32. The normalized spacial score (nSPS) is 11.1. The number of guanidine groups is 1. The van der Waals surface area contributed by atoms with E-state index in [4.69, 9.17) is 19.2 Å². The zero-order chi connectivity index (χ0) is 21.3. The Kier molecular flexibility index (Phi) is 7.15. The van der Waals surface area contributed by atoms with Crippen molar-refractivity contribution >= 4 is 11.6 Å². The first kappa shape index (κ1) is 21.0. The smallest absolute Gasteiger partial charge is 0.203 e. The van der Waals surface area contributed by atoms with Crippen molar-refractivity contribution in [3.63, 3.8) is 0 Å². The van der Waals surface area contributed by atoms with E-state index >= 15 is 0 Å². The summed E-state index contributed by atoms with van der Waals surface area (Å²) in [5.41, 5.74) is 2.84. The van der Waals surface area contributed by atoms with E-state index in [1.807, 2.05) is 54.2 Å². The molecule has 0 aliphatic carbocycles. The number of nitrogens with zero attached hydrogens (tertiary/aromatic N) is 3. The summed E-state index contributed by atoms with van der Waals surface area (Å²) < 4.78 is 18.1. The Morgan fingerprint density at radius 3 is 2.40 bits per heavy atom. The highest BCUT2D eigenvalue weighted by Gasteiger charge is 2.14. The van der Waals surface area contributed by atoms with E-state index in [1.165, 1.54) is 0 Å². The first-order valence-electron chi connectivity index (χ1n) is 9.62. The lowest BCUT2D eigenvalue weighted by atomic mass is 10.2. The lowest BCUT2D eigenvalue weighted by molar-refractivity contribution is 0.324. The molecule has 3 aromatic rings. The first-order valence-corrected chi connectivity index (χ1v) is 9.62. The van der Waals surface area contributed by atoms with Crippen LogP contribution in [0.3, 0.4) is 0 Å². The number of aliphatic imine (C=N–C) groups is 1. The van der Waals surface area contributed by atoms with Gasteiger partial charge in [-0.05, 0) is 30.7 Å². The summed E-state index contributed by atoms with van der Waals surface area (Å²) in [5.74, 6) is 2.34. The second-order valence-electron chi connectivity index (χ2n) is 6.35. The standard InChI is InChI=1S/C22H27N5O3/c1-5-23-22(26-17-13-19(28-2)21(30-4)20(14-17)29-3)24-15-16-8-6-9-18(12-16)27-11-7-10-25-27/h6-14H,5,15H2,1-4H3,(H2,23,24,26). The number of ether oxygens (including phenoxy) is 3. The van der Waals surface area contributed by atoms with Gasteiger partial charge in [-0.25, -0.2) is 9.67 Å². The maximum Gasteiger partial charge on any atom is 0.203 e. The molecule has 8 nitrogen and oxygen atoms in total. The fraction of sp³-hybridized carbons (Fsp3) is 0.273. The first-order chi connectivity index (χ1) is 14.7. The molecule has 0 saturated carbocycles. The highest BCUT2D eigenvalue weighted by molar-refractivity contribution is 5.94. The van der Waals surface area contributed by atoms with Crippen molar-refractivity contribution in [3.8, 4) is 22.9 Å². The summed E-state index contributed by atoms with van der Waals surface area (Å²) in [4.78, 5) is 4.71. The molecule has 30 heavy (non-hydrogen) atoms. The molecule has 0 spiro atoms. The average molecular weight is 409 g/mol. The number of anilines is 1. The molecule has 0 fully saturated rings. The van der Waals surface area contributed by atoms with Crippen LogP contribution in [-0.4, -0.2) is 43.6 Å². The van der Waals surface area contributed by atoms with Gasteiger partial charge in [0.15, 0.2) is 17.5 Å². The zero-order valence-corrected chi connectivity index (χ0v) is 17.7. The van der Waals surface area contributed by atoms with Crippen LogP contribution in [0.25, 0.3) is 5.69 Å². The summed E-state index contributed by atoms with van der Waals surface area (Å²) in [6.07, 6.45) is 3.67. The van der Waals surface area contributed by atoms with Crippen molar-refractivity contribution < 1.29 is 14.2 Å². The van der Waals surface area contributed by atoms with Gasteiger partial charge < -0.3 is 24.8 Å². The second-order valence-corrected chi connectivity index (χ2v) is 6.35. The van der Waals surface area contributed by atoms with Crippen LogP contribution in [-0.2, 0) is 6.54 Å². The van der Waals surface area contributed by atoms with E-state index < -0.39 is 0 Å². The van der Waals surface area contributed by atoms with Crippen molar-refractivity contribution in [2.75, 3.05) is 33.2 Å². The second kappa shape index (κ2) is 10.2. The molecule has 0 atom stereocenters. The van der Waals surface area contributed by atoms with Crippen LogP contribution < -0.4 is 24.8 Å². The highest BCUT2D eigenvalue weighted by atomic mass is 16.5. The molecule has 2 aromatic carbocycles. The van der Waals surface area contributed by atoms with Crippen molar-refractivity contribution in [2.45, 2.75) is 13.5 Å². The molecule has 0 aliphatic heterocycles. The monoisotopic (exact) mass is 409 g/mol. The number of hydrogen-bond acceptors (Lipinski definition) is 5. The maximum absolute atomic E-state index is 5.43. The zero-order valence-electron chi connectivity index (χ0n) is 17.7. The lowest BCUT2D eigenvalue weighted by Gasteiger charge is -2.16. The van der Waals surface area contributed by atoms with Gasteiger partial charge >= 0.3 is 0 Å². The quantitative estimate of drug-likeness (QED) is 0.438. The maximum atomic E-state index is 5.43. The van der Waals surface area contributed by atoms with E-state index in [0.29, 0.717) is 29.8 Å². The summed E-state index contributed by atoms with van der Waals surface area (Å²) in [6.45, 7) is 3.25. The van der Waals surface area contributed by atoms with Crippen LogP contribution in [0, 0.1) is 0 Å². The van der Waals surface area contributed by atoms with E-state index in [2.05, 4.69) is 21.8 Å². The molecule has 0 unspecified atom stereocenters. The van der Waals surface area contributed by atoms with Gasteiger partial charge in [-0.15, -0.1) is 0 Å². The molecule has 158 valence electrons. The van der Waals surface area contributed by atoms with E-state index in [0.717, 1.165) is 23.5 Å². The van der Waals surface area contributed by atoms with Crippen LogP contribution in [0.15, 0.2) is 59.9 Å². The van der Waals surface area contributed by atoms with Gasteiger partial charge in [0.05, 0.1) is 33.6 Å². The third-order valence-electron chi connectivity index (χ3n) is 4.37. The van der Waals surface area contributed by atoms with Crippen molar-refractivity contribution in [1.82, 2.24) is 15.1 Å². The van der Waals surface area contributed by atoms with Crippen LogP contribution in [0.5, 0.6) is 17.2 Å². The SMILES string of the molecule is CCNC(=NCc1cccc(-n2cccn2)c1)Nc1cc(OC)c(OC)c(OC)c1. The number of methoxy groups -OCH3 is 3. The van der Waals surface area contributed by atoms with Crippen LogP contribution >= 0.6 is 0 Å². The molecule has 0 radical (unpaired) electrons. The molecule has 1 heterocycles. The predicted molar refractivity (Wildman–Crippen MR) is 118 cm³/mol. The Hall–Kier alpha value is -3.68.